The number of allylic oxidation sites excluding steroid dienone is 3. The molecule has 0 aromatic heterocycles. The lowest BCUT2D eigenvalue weighted by atomic mass is 9.50. The molecule has 0 aromatic carbocycles. The van der Waals surface area contributed by atoms with E-state index in [1.807, 2.05) is 6.92 Å². The van der Waals surface area contributed by atoms with Crippen LogP contribution in [0.1, 0.15) is 59.3 Å². The van der Waals surface area contributed by atoms with E-state index in [2.05, 4.69) is 19.9 Å². The van der Waals surface area contributed by atoms with Crippen molar-refractivity contribution in [2.45, 2.75) is 65.4 Å². The van der Waals surface area contributed by atoms with Crippen LogP contribution in [0.2, 0.25) is 0 Å². The summed E-state index contributed by atoms with van der Waals surface area (Å²) in [7, 11) is 0. The van der Waals surface area contributed by atoms with Crippen molar-refractivity contribution in [1.29, 1.82) is 0 Å². The van der Waals surface area contributed by atoms with Gasteiger partial charge in [-0.2, -0.15) is 0 Å². The van der Waals surface area contributed by atoms with Crippen LogP contribution in [0.5, 0.6) is 0 Å². The van der Waals surface area contributed by atoms with Crippen molar-refractivity contribution < 1.29 is 9.90 Å². The third-order valence-corrected chi connectivity index (χ3v) is 6.02. The van der Waals surface area contributed by atoms with Crippen LogP contribution >= 0.6 is 0 Å². The van der Waals surface area contributed by atoms with Gasteiger partial charge >= 0.3 is 0 Å². The summed E-state index contributed by atoms with van der Waals surface area (Å²) < 4.78 is 0. The predicted molar refractivity (Wildman–Crippen MR) is 75.7 cm³/mol. The van der Waals surface area contributed by atoms with Crippen LogP contribution in [0.4, 0.5) is 0 Å². The highest BCUT2D eigenvalue weighted by Gasteiger charge is 2.52. The molecule has 3 atom stereocenters. The summed E-state index contributed by atoms with van der Waals surface area (Å²) in [6.45, 7) is 6.51. The third-order valence-electron chi connectivity index (χ3n) is 6.02. The molecule has 0 aromatic rings. The van der Waals surface area contributed by atoms with E-state index in [0.717, 1.165) is 37.7 Å². The standard InChI is InChI=1S/C17H24O2/c1-11-12-7-9-17(3)14(5-4-6-15(17)19)16(12,2)10-8-13(11)18/h5,15,19H,4,6-10H2,1-3H3/t15-,16+,17?/m1/s1. The van der Waals surface area contributed by atoms with E-state index < -0.39 is 0 Å². The highest BCUT2D eigenvalue weighted by Crippen LogP contribution is 2.60. The monoisotopic (exact) mass is 260 g/mol. The van der Waals surface area contributed by atoms with Crippen LogP contribution in [0, 0.1) is 10.8 Å². The van der Waals surface area contributed by atoms with Gasteiger partial charge in [0.2, 0.25) is 0 Å². The lowest BCUT2D eigenvalue weighted by Crippen LogP contribution is -2.48. The summed E-state index contributed by atoms with van der Waals surface area (Å²) in [5, 5.41) is 10.5. The van der Waals surface area contributed by atoms with Gasteiger partial charge in [0.25, 0.3) is 0 Å². The Labute approximate surface area is 115 Å². The van der Waals surface area contributed by atoms with Gasteiger partial charge in [-0.25, -0.2) is 0 Å². The molecule has 2 nitrogen and oxygen atoms in total. The van der Waals surface area contributed by atoms with Gasteiger partial charge in [0, 0.05) is 17.3 Å². The van der Waals surface area contributed by atoms with Gasteiger partial charge in [0.1, 0.15) is 0 Å². The van der Waals surface area contributed by atoms with E-state index in [4.69, 9.17) is 0 Å². The van der Waals surface area contributed by atoms with E-state index in [0.29, 0.717) is 12.2 Å². The van der Waals surface area contributed by atoms with Gasteiger partial charge in [0.15, 0.2) is 5.78 Å². The molecule has 1 fully saturated rings. The summed E-state index contributed by atoms with van der Waals surface area (Å²) in [5.41, 5.74) is 3.70. The zero-order valence-corrected chi connectivity index (χ0v) is 12.3. The van der Waals surface area contributed by atoms with E-state index in [1.165, 1.54) is 11.1 Å². The molecule has 0 radical (unpaired) electrons. The number of rotatable bonds is 0. The van der Waals surface area contributed by atoms with E-state index in [-0.39, 0.29) is 16.9 Å². The van der Waals surface area contributed by atoms with Crippen molar-refractivity contribution in [3.05, 3.63) is 22.8 Å². The molecule has 19 heavy (non-hydrogen) atoms. The first-order valence-electron chi connectivity index (χ1n) is 7.52. The average molecular weight is 260 g/mol. The maximum absolute atomic E-state index is 12.0. The second-order valence-corrected chi connectivity index (χ2v) is 6.99. The summed E-state index contributed by atoms with van der Waals surface area (Å²) in [6.07, 6.45) is 7.53. The van der Waals surface area contributed by atoms with E-state index >= 15 is 0 Å². The second kappa shape index (κ2) is 4.05. The molecular formula is C17H24O2. The van der Waals surface area contributed by atoms with Crippen molar-refractivity contribution in [2.24, 2.45) is 10.8 Å². The van der Waals surface area contributed by atoms with Crippen molar-refractivity contribution in [3.63, 3.8) is 0 Å². The van der Waals surface area contributed by atoms with Crippen LogP contribution in [-0.2, 0) is 4.79 Å². The van der Waals surface area contributed by atoms with Gasteiger partial charge in [-0.3, -0.25) is 4.79 Å². The molecule has 3 rings (SSSR count). The average Bonchev–Trinajstić information content (AvgIpc) is 2.37. The molecule has 104 valence electrons. The zero-order valence-electron chi connectivity index (χ0n) is 12.3. The molecule has 0 bridgehead atoms. The molecule has 2 heteroatoms. The van der Waals surface area contributed by atoms with Crippen molar-refractivity contribution >= 4 is 5.78 Å². The molecule has 0 amide bonds. The van der Waals surface area contributed by atoms with Crippen LogP contribution in [0.25, 0.3) is 0 Å². The number of hydrogen-bond acceptors (Lipinski definition) is 2. The largest absolute Gasteiger partial charge is 0.392 e. The first-order valence-corrected chi connectivity index (χ1v) is 7.52. The lowest BCUT2D eigenvalue weighted by molar-refractivity contribution is -0.117. The van der Waals surface area contributed by atoms with Crippen molar-refractivity contribution in [1.82, 2.24) is 0 Å². The number of fused-ring (bicyclic) bond motifs is 3. The Morgan fingerprint density at radius 1 is 1.26 bits per heavy atom. The molecule has 1 N–H and O–H groups in total. The maximum atomic E-state index is 12.0. The molecular weight excluding hydrogens is 236 g/mol. The first-order chi connectivity index (χ1) is 8.89. The Morgan fingerprint density at radius 2 is 2.00 bits per heavy atom. The number of ketones is 1. The topological polar surface area (TPSA) is 37.3 Å². The van der Waals surface area contributed by atoms with Gasteiger partial charge in [0.05, 0.1) is 6.10 Å². The number of aliphatic hydroxyl groups is 1. The van der Waals surface area contributed by atoms with E-state index in [1.54, 1.807) is 0 Å². The van der Waals surface area contributed by atoms with Gasteiger partial charge in [-0.1, -0.05) is 31.1 Å². The number of carbonyl (C=O) groups is 1. The molecule has 0 aliphatic heterocycles. The number of aliphatic hydroxyl groups excluding tert-OH is 1. The SMILES string of the molecule is CC1=C2CCC3(C)C(=CCC[C@H]3O)[C@@]2(C)CCC1=O. The minimum absolute atomic E-state index is 0.0202. The molecule has 1 saturated carbocycles. The first kappa shape index (κ1) is 13.1. The number of carbonyl (C=O) groups excluding carboxylic acids is 1. The predicted octanol–water partition coefficient (Wildman–Crippen LogP) is 3.55. The van der Waals surface area contributed by atoms with Gasteiger partial charge in [-0.05, 0) is 44.6 Å². The second-order valence-electron chi connectivity index (χ2n) is 6.99. The highest BCUT2D eigenvalue weighted by atomic mass is 16.3. The van der Waals surface area contributed by atoms with Crippen molar-refractivity contribution in [3.8, 4) is 0 Å². The Hall–Kier alpha value is -0.890. The van der Waals surface area contributed by atoms with Gasteiger partial charge < -0.3 is 5.11 Å². The Kier molecular flexibility index (Phi) is 2.79. The number of hydrogen-bond donors (Lipinski definition) is 1. The van der Waals surface area contributed by atoms with Crippen LogP contribution < -0.4 is 0 Å². The van der Waals surface area contributed by atoms with Crippen molar-refractivity contribution in [2.75, 3.05) is 0 Å². The van der Waals surface area contributed by atoms with Crippen LogP contribution in [0.15, 0.2) is 22.8 Å². The molecule has 3 aliphatic carbocycles. The third kappa shape index (κ3) is 1.62. The fraction of sp³-hybridized carbons (Fsp3) is 0.706. The summed E-state index contributed by atoms with van der Waals surface area (Å²) in [6, 6.07) is 0. The Morgan fingerprint density at radius 3 is 2.74 bits per heavy atom. The maximum Gasteiger partial charge on any atom is 0.158 e. The fourth-order valence-electron chi connectivity index (χ4n) is 4.70. The van der Waals surface area contributed by atoms with Gasteiger partial charge in [-0.15, -0.1) is 0 Å². The molecule has 3 aliphatic rings. The van der Waals surface area contributed by atoms with Crippen LogP contribution in [-0.4, -0.2) is 17.0 Å². The Bertz CT molecular complexity index is 499. The fourth-order valence-corrected chi connectivity index (χ4v) is 4.70. The molecule has 0 spiro atoms. The quantitative estimate of drug-likeness (QED) is 0.676. The lowest BCUT2D eigenvalue weighted by Gasteiger charge is -2.54. The minimum Gasteiger partial charge on any atom is -0.392 e. The zero-order chi connectivity index (χ0) is 13.8. The summed E-state index contributed by atoms with van der Waals surface area (Å²) >= 11 is 0. The molecule has 0 heterocycles. The Balaban J connectivity index is 2.15. The summed E-state index contributed by atoms with van der Waals surface area (Å²) in [4.78, 5) is 12.0. The highest BCUT2D eigenvalue weighted by molar-refractivity contribution is 5.97. The molecule has 0 saturated heterocycles. The number of Topliss-reactive ketones (excluding diaryl/α,β-unsaturated/α-hetero) is 1. The molecule has 1 unspecified atom stereocenters. The van der Waals surface area contributed by atoms with E-state index in [9.17, 15) is 9.90 Å². The smallest absolute Gasteiger partial charge is 0.158 e. The normalized spacial score (nSPS) is 42.6. The minimum atomic E-state index is -0.219. The summed E-state index contributed by atoms with van der Waals surface area (Å²) in [5.74, 6) is 0.327. The van der Waals surface area contributed by atoms with Crippen LogP contribution in [0.3, 0.4) is 0 Å².